The third kappa shape index (κ3) is 5.78. The number of nitrogens with one attached hydrogen (secondary N) is 1. The summed E-state index contributed by atoms with van der Waals surface area (Å²) in [5, 5.41) is 2.38. The Balaban J connectivity index is 1.48. The molecule has 2 aliphatic rings. The zero-order chi connectivity index (χ0) is 28.7. The van der Waals surface area contributed by atoms with E-state index in [0.717, 1.165) is 24.8 Å². The number of likely N-dealkylation sites (tertiary alicyclic amines) is 1. The molecule has 40 heavy (non-hydrogen) atoms. The van der Waals surface area contributed by atoms with Gasteiger partial charge in [-0.1, -0.05) is 24.3 Å². The van der Waals surface area contributed by atoms with Crippen molar-refractivity contribution in [3.05, 3.63) is 94.0 Å². The molecule has 0 saturated carbocycles. The Labute approximate surface area is 226 Å². The van der Waals surface area contributed by atoms with Gasteiger partial charge in [0.2, 0.25) is 0 Å². The number of alkyl halides is 6. The van der Waals surface area contributed by atoms with Crippen molar-refractivity contribution in [3.8, 4) is 0 Å². The molecular weight excluding hydrogens is 536 g/mol. The first-order chi connectivity index (χ1) is 18.9. The van der Waals surface area contributed by atoms with Crippen molar-refractivity contribution in [1.29, 1.82) is 0 Å². The summed E-state index contributed by atoms with van der Waals surface area (Å²) in [6, 6.07) is 13.3. The molecule has 2 aliphatic heterocycles. The Morgan fingerprint density at radius 2 is 1.38 bits per heavy atom. The van der Waals surface area contributed by atoms with E-state index in [1.807, 2.05) is 18.2 Å². The van der Waals surface area contributed by atoms with Gasteiger partial charge < -0.3 is 15.1 Å². The molecule has 1 saturated heterocycles. The molecule has 0 spiro atoms. The Morgan fingerprint density at radius 3 is 2.00 bits per heavy atom. The third-order valence-corrected chi connectivity index (χ3v) is 7.20. The largest absolute Gasteiger partial charge is 0.416 e. The minimum absolute atomic E-state index is 0.0326. The van der Waals surface area contributed by atoms with E-state index in [0.29, 0.717) is 49.6 Å². The molecule has 0 aliphatic carbocycles. The maximum absolute atomic E-state index is 13.5. The van der Waals surface area contributed by atoms with E-state index in [1.165, 1.54) is 17.7 Å². The van der Waals surface area contributed by atoms with E-state index >= 15 is 0 Å². The summed E-state index contributed by atoms with van der Waals surface area (Å²) >= 11 is 0. The Hall–Kier alpha value is -4.02. The van der Waals surface area contributed by atoms with Gasteiger partial charge in [0, 0.05) is 43.1 Å². The van der Waals surface area contributed by atoms with Crippen LogP contribution in [0.4, 0.5) is 37.7 Å². The SMILES string of the molecule is O=C(Nc1ccc(N2CCc3ccccc3C2)c(C(=O)N2CCCC2)c1)c1cc(C(F)(F)F)cc(C(F)(F)F)c1. The lowest BCUT2D eigenvalue weighted by atomic mass is 9.98. The number of hydrogen-bond donors (Lipinski definition) is 1. The van der Waals surface area contributed by atoms with E-state index in [1.54, 1.807) is 11.0 Å². The number of carbonyl (C=O) groups excluding carboxylic acids is 2. The highest BCUT2D eigenvalue weighted by Crippen LogP contribution is 2.37. The number of nitrogens with zero attached hydrogens (tertiary/aromatic N) is 2. The van der Waals surface area contributed by atoms with Crippen LogP contribution < -0.4 is 10.2 Å². The number of hydrogen-bond acceptors (Lipinski definition) is 3. The Kier molecular flexibility index (Phi) is 7.24. The standard InChI is InChI=1S/C29H25F6N3O2/c30-28(31,32)21-13-20(14-22(15-21)29(33,34)35)26(39)36-23-7-8-25(24(16-23)27(40)37-10-3-4-11-37)38-12-9-18-5-1-2-6-19(18)17-38/h1-2,5-8,13-16H,3-4,9-12,17H2,(H,36,39). The van der Waals surface area contributed by atoms with Crippen LogP contribution in [0.1, 0.15) is 55.8 Å². The molecule has 0 atom stereocenters. The lowest BCUT2D eigenvalue weighted by Crippen LogP contribution is -2.34. The minimum Gasteiger partial charge on any atom is -0.366 e. The third-order valence-electron chi connectivity index (χ3n) is 7.20. The molecular formula is C29H25F6N3O2. The summed E-state index contributed by atoms with van der Waals surface area (Å²) in [5.41, 5.74) is -0.603. The lowest BCUT2D eigenvalue weighted by molar-refractivity contribution is -0.143. The summed E-state index contributed by atoms with van der Waals surface area (Å²) in [6.45, 7) is 2.35. The Bertz CT molecular complexity index is 1410. The van der Waals surface area contributed by atoms with Gasteiger partial charge in [-0.05, 0) is 66.8 Å². The molecule has 0 unspecified atom stereocenters. The molecule has 3 aromatic rings. The monoisotopic (exact) mass is 561 g/mol. The first kappa shape index (κ1) is 27.5. The normalized spacial score (nSPS) is 15.7. The molecule has 11 heteroatoms. The van der Waals surface area contributed by atoms with Gasteiger partial charge in [-0.2, -0.15) is 26.3 Å². The number of carbonyl (C=O) groups is 2. The number of anilines is 2. The van der Waals surface area contributed by atoms with Gasteiger partial charge in [-0.25, -0.2) is 0 Å². The minimum atomic E-state index is -5.08. The predicted octanol–water partition coefficient (Wildman–Crippen LogP) is 6.78. The van der Waals surface area contributed by atoms with Crippen molar-refractivity contribution >= 4 is 23.2 Å². The van der Waals surface area contributed by atoms with Crippen LogP contribution in [0.2, 0.25) is 0 Å². The van der Waals surface area contributed by atoms with Gasteiger partial charge >= 0.3 is 12.4 Å². The molecule has 3 aromatic carbocycles. The van der Waals surface area contributed by atoms with Crippen LogP contribution in [0, 0.1) is 0 Å². The van der Waals surface area contributed by atoms with E-state index in [4.69, 9.17) is 0 Å². The lowest BCUT2D eigenvalue weighted by Gasteiger charge is -2.33. The van der Waals surface area contributed by atoms with Gasteiger partial charge in [0.05, 0.1) is 16.7 Å². The summed E-state index contributed by atoms with van der Waals surface area (Å²) in [5.74, 6) is -1.41. The van der Waals surface area contributed by atoms with Crippen LogP contribution in [0.25, 0.3) is 0 Å². The highest BCUT2D eigenvalue weighted by Gasteiger charge is 2.37. The highest BCUT2D eigenvalue weighted by molar-refractivity contribution is 6.06. The number of fused-ring (bicyclic) bond motifs is 1. The number of rotatable bonds is 4. The van der Waals surface area contributed by atoms with Crippen LogP contribution >= 0.6 is 0 Å². The molecule has 1 N–H and O–H groups in total. The maximum atomic E-state index is 13.5. The number of halogens is 6. The van der Waals surface area contributed by atoms with Crippen molar-refractivity contribution in [3.63, 3.8) is 0 Å². The molecule has 2 amide bonds. The first-order valence-electron chi connectivity index (χ1n) is 12.8. The summed E-state index contributed by atoms with van der Waals surface area (Å²) in [4.78, 5) is 30.1. The second-order valence-corrected chi connectivity index (χ2v) is 9.92. The fraction of sp³-hybridized carbons (Fsp3) is 0.310. The van der Waals surface area contributed by atoms with Gasteiger partial charge in [-0.15, -0.1) is 0 Å². The van der Waals surface area contributed by atoms with Crippen LogP contribution in [0.15, 0.2) is 60.7 Å². The van der Waals surface area contributed by atoms with Crippen LogP contribution in [0.5, 0.6) is 0 Å². The van der Waals surface area contributed by atoms with Crippen molar-refractivity contribution in [1.82, 2.24) is 4.90 Å². The van der Waals surface area contributed by atoms with E-state index in [9.17, 15) is 35.9 Å². The fourth-order valence-corrected chi connectivity index (χ4v) is 5.14. The second kappa shape index (κ2) is 10.5. The fourth-order valence-electron chi connectivity index (χ4n) is 5.14. The quantitative estimate of drug-likeness (QED) is 0.358. The van der Waals surface area contributed by atoms with Crippen LogP contribution in [-0.2, 0) is 25.3 Å². The average Bonchev–Trinajstić information content (AvgIpc) is 3.46. The molecule has 2 heterocycles. The van der Waals surface area contributed by atoms with Crippen molar-refractivity contribution < 1.29 is 35.9 Å². The van der Waals surface area contributed by atoms with Gasteiger partial charge in [-0.3, -0.25) is 9.59 Å². The van der Waals surface area contributed by atoms with E-state index in [-0.39, 0.29) is 17.7 Å². The zero-order valence-electron chi connectivity index (χ0n) is 21.2. The molecule has 210 valence electrons. The second-order valence-electron chi connectivity index (χ2n) is 9.92. The topological polar surface area (TPSA) is 52.7 Å². The van der Waals surface area contributed by atoms with E-state index < -0.39 is 35.0 Å². The molecule has 0 aromatic heterocycles. The summed E-state index contributed by atoms with van der Waals surface area (Å²) in [6.07, 6.45) is -7.69. The van der Waals surface area contributed by atoms with E-state index in [2.05, 4.69) is 16.3 Å². The molecule has 0 bridgehead atoms. The molecule has 5 nitrogen and oxygen atoms in total. The predicted molar refractivity (Wildman–Crippen MR) is 137 cm³/mol. The molecule has 5 rings (SSSR count). The highest BCUT2D eigenvalue weighted by atomic mass is 19.4. The smallest absolute Gasteiger partial charge is 0.366 e. The van der Waals surface area contributed by atoms with Crippen molar-refractivity contribution in [2.75, 3.05) is 29.9 Å². The number of amides is 2. The van der Waals surface area contributed by atoms with Crippen LogP contribution in [0.3, 0.4) is 0 Å². The van der Waals surface area contributed by atoms with Gasteiger partial charge in [0.15, 0.2) is 0 Å². The van der Waals surface area contributed by atoms with Gasteiger partial charge in [0.25, 0.3) is 11.8 Å². The Morgan fingerprint density at radius 1 is 0.750 bits per heavy atom. The van der Waals surface area contributed by atoms with Crippen molar-refractivity contribution in [2.24, 2.45) is 0 Å². The van der Waals surface area contributed by atoms with Gasteiger partial charge in [0.1, 0.15) is 0 Å². The zero-order valence-corrected chi connectivity index (χ0v) is 21.2. The van der Waals surface area contributed by atoms with Crippen molar-refractivity contribution in [2.45, 2.75) is 38.2 Å². The van der Waals surface area contributed by atoms with Crippen LogP contribution in [-0.4, -0.2) is 36.3 Å². The molecule has 0 radical (unpaired) electrons. The summed E-state index contributed by atoms with van der Waals surface area (Å²) < 4.78 is 79.7. The average molecular weight is 562 g/mol. The summed E-state index contributed by atoms with van der Waals surface area (Å²) in [7, 11) is 0. The maximum Gasteiger partial charge on any atom is 0.416 e. The first-order valence-corrected chi connectivity index (χ1v) is 12.8. The number of benzene rings is 3. The molecule has 1 fully saturated rings.